The van der Waals surface area contributed by atoms with Crippen molar-refractivity contribution < 1.29 is 48.5 Å². The number of aliphatic hydroxyl groups is 2. The van der Waals surface area contributed by atoms with Crippen LogP contribution in [0.2, 0.25) is 0 Å². The maximum atomic E-state index is 9.96. The SMILES string of the molecule is C/C=C/C(O)c1ccccc1.C/C=C/C=O.CC(O)/C=C/c1ccccc1.O=C/C=C/C=C/c1ccccc1.O=P(Cl)(Cl)Cl.[2H]CF.[Br-].[H+].[Mg+2].[c-]1ccccc1. The van der Waals surface area contributed by atoms with Gasteiger partial charge < -0.3 is 27.2 Å². The Morgan fingerprint density at radius 1 is 0.704 bits per heavy atom. The molecular weight excluding hydrogens is 845 g/mol. The van der Waals surface area contributed by atoms with Gasteiger partial charge in [-0.05, 0) is 83.3 Å². The van der Waals surface area contributed by atoms with Gasteiger partial charge in [0.25, 0.3) is 0 Å². The number of carbonyl (C=O) groups excluding carboxylic acids is 2. The molecule has 0 amide bonds. The van der Waals surface area contributed by atoms with E-state index in [4.69, 9.17) is 6.48 Å². The molecule has 2 atom stereocenters. The van der Waals surface area contributed by atoms with Crippen molar-refractivity contribution in [1.29, 1.82) is 0 Å². The number of aldehydes is 2. The number of benzene rings is 4. The van der Waals surface area contributed by atoms with Crippen molar-refractivity contribution in [1.82, 2.24) is 0 Å². The van der Waals surface area contributed by atoms with Gasteiger partial charge in [0.2, 0.25) is 0 Å². The molecule has 0 bridgehead atoms. The minimum absolute atomic E-state index is 0. The summed E-state index contributed by atoms with van der Waals surface area (Å²) in [4.78, 5) is 19.2. The van der Waals surface area contributed by atoms with E-state index in [1.807, 2.05) is 153 Å². The number of aliphatic hydroxyl groups excluding tert-OH is 2. The van der Waals surface area contributed by atoms with Crippen LogP contribution >= 0.6 is 38.9 Å². The molecule has 5 nitrogen and oxygen atoms in total. The van der Waals surface area contributed by atoms with E-state index in [-0.39, 0.29) is 47.6 Å². The molecule has 0 aliphatic rings. The molecule has 288 valence electrons. The van der Waals surface area contributed by atoms with Gasteiger partial charge in [-0.2, -0.15) is 36.4 Å². The Bertz CT molecular complexity index is 1550. The molecule has 0 spiro atoms. The number of hydrogen-bond donors (Lipinski definition) is 2. The summed E-state index contributed by atoms with van der Waals surface area (Å²) in [5, 5.41) is 15.1. The maximum Gasteiger partial charge on any atom is 2.00 e. The van der Waals surface area contributed by atoms with Crippen LogP contribution in [0.15, 0.2) is 170 Å². The van der Waals surface area contributed by atoms with E-state index in [0.717, 1.165) is 29.3 Å². The Hall–Kier alpha value is -2.88. The van der Waals surface area contributed by atoms with Gasteiger partial charge in [0, 0.05) is 0 Å². The molecule has 0 saturated heterocycles. The molecule has 4 aromatic rings. The van der Waals surface area contributed by atoms with Crippen LogP contribution in [-0.2, 0) is 14.2 Å². The van der Waals surface area contributed by atoms with E-state index in [1.165, 1.54) is 12.2 Å². The van der Waals surface area contributed by atoms with Crippen molar-refractivity contribution in [2.24, 2.45) is 0 Å². The van der Waals surface area contributed by atoms with Crippen LogP contribution in [0.3, 0.4) is 0 Å². The fourth-order valence-corrected chi connectivity index (χ4v) is 3.02. The van der Waals surface area contributed by atoms with Crippen molar-refractivity contribution in [3.63, 3.8) is 0 Å². The summed E-state index contributed by atoms with van der Waals surface area (Å²) in [5.41, 5.74) is 3.19. The van der Waals surface area contributed by atoms with E-state index in [9.17, 15) is 23.7 Å². The Kier molecular flexibility index (Phi) is 49.6. The second kappa shape index (κ2) is 46.3. The van der Waals surface area contributed by atoms with Gasteiger partial charge in [0.15, 0.2) is 0 Å². The minimum atomic E-state index is -3.22. The predicted molar refractivity (Wildman–Crippen MR) is 229 cm³/mol. The summed E-state index contributed by atoms with van der Waals surface area (Å²) >= 11 is 13.8. The molecule has 12 heteroatoms. The standard InChI is InChI=1S/C11H10O.2C10H12O.C6H5.C4H6O.CH3F.BrH.Cl3OP.Mg/c12-10-6-2-5-9-11-7-3-1-4-8-11;1-9(11)7-8-10-5-3-2-4-6-10;1-2-6-10(11)9-7-4-3-5-8-9;1-2-4-6-5-3-1;1-2-3-4-5;1-2;;1-5(2,3)4;/h1-10H;2-9,11H,1H3;2-8,10-11H,1H3;1-5H;2-4H,1H3;1H3;1H;;/q;;;-1;;;;;+2/b6-2+,9-5+;8-7+;6-2+;;3-2+;;;;/i;;;;;1D;;;. The normalized spacial score (nSPS) is 11.2. The average molecular weight is 895 g/mol. The first kappa shape index (κ1) is 57.8. The van der Waals surface area contributed by atoms with E-state index in [2.05, 4.69) is 39.8 Å². The second-order valence-electron chi connectivity index (χ2n) is 9.32. The van der Waals surface area contributed by atoms with Crippen molar-refractivity contribution in [2.75, 3.05) is 7.15 Å². The zero-order valence-electron chi connectivity index (χ0n) is 32.5. The molecule has 0 heterocycles. The van der Waals surface area contributed by atoms with Crippen LogP contribution in [0, 0.1) is 6.07 Å². The third kappa shape index (κ3) is 51.2. The smallest absolute Gasteiger partial charge is 1.00 e. The molecule has 0 radical (unpaired) electrons. The minimum Gasteiger partial charge on any atom is -1.00 e. The van der Waals surface area contributed by atoms with Crippen LogP contribution in [0.25, 0.3) is 12.2 Å². The Morgan fingerprint density at radius 3 is 1.43 bits per heavy atom. The van der Waals surface area contributed by atoms with Crippen LogP contribution in [0.4, 0.5) is 4.39 Å². The first-order chi connectivity index (χ1) is 25.4. The first-order valence-corrected chi connectivity index (χ1v) is 19.9. The van der Waals surface area contributed by atoms with Crippen molar-refractivity contribution in [3.05, 3.63) is 193 Å². The van der Waals surface area contributed by atoms with E-state index in [0.29, 0.717) is 0 Å². The van der Waals surface area contributed by atoms with Crippen molar-refractivity contribution in [3.8, 4) is 0 Å². The van der Waals surface area contributed by atoms with Gasteiger partial charge in [-0.1, -0.05) is 140 Å². The summed E-state index contributed by atoms with van der Waals surface area (Å²) in [5.74, 6) is 0. The van der Waals surface area contributed by atoms with Crippen molar-refractivity contribution >= 4 is 86.7 Å². The summed E-state index contributed by atoms with van der Waals surface area (Å²) in [6.07, 6.45) is 18.0. The summed E-state index contributed by atoms with van der Waals surface area (Å²) in [6, 6.07) is 41.9. The molecule has 0 aliphatic heterocycles. The molecule has 2 unspecified atom stereocenters. The number of rotatable bonds is 8. The number of halogens is 5. The second-order valence-corrected chi connectivity index (χ2v) is 16.0. The van der Waals surface area contributed by atoms with Gasteiger partial charge in [0.1, 0.15) is 12.6 Å². The molecule has 54 heavy (non-hydrogen) atoms. The summed E-state index contributed by atoms with van der Waals surface area (Å²) < 4.78 is 25.0. The van der Waals surface area contributed by atoms with Crippen molar-refractivity contribution in [2.45, 2.75) is 33.0 Å². The topological polar surface area (TPSA) is 91.7 Å². The van der Waals surface area contributed by atoms with E-state index < -0.39 is 18.5 Å². The Morgan fingerprint density at radius 2 is 1.11 bits per heavy atom. The van der Waals surface area contributed by atoms with Crippen LogP contribution < -0.4 is 17.0 Å². The number of carbonyl (C=O) groups is 2. The third-order valence-corrected chi connectivity index (χ3v) is 5.15. The van der Waals surface area contributed by atoms with Gasteiger partial charge in [0.05, 0.1) is 20.7 Å². The number of allylic oxidation sites excluding steroid dienone is 6. The van der Waals surface area contributed by atoms with Gasteiger partial charge in [-0.3, -0.25) is 18.5 Å². The monoisotopic (exact) mass is 892 g/mol. The molecule has 0 saturated carbocycles. The van der Waals surface area contributed by atoms with Crippen LogP contribution in [0.5, 0.6) is 0 Å². The zero-order valence-corrected chi connectivity index (χ0v) is 36.7. The molecule has 0 aromatic heterocycles. The molecule has 4 aromatic carbocycles. The first-order valence-electron chi connectivity index (χ1n) is 16.2. The van der Waals surface area contributed by atoms with E-state index >= 15 is 0 Å². The fraction of sp³-hybridized carbons (Fsp3) is 0.143. The van der Waals surface area contributed by atoms with Gasteiger partial charge >= 0.3 is 29.7 Å². The maximum absolute atomic E-state index is 9.96. The molecule has 0 aliphatic carbocycles. The number of hydrogen-bond acceptors (Lipinski definition) is 5. The molecule has 2 N–H and O–H groups in total. The molecule has 0 fully saturated rings. The Labute approximate surface area is 365 Å². The third-order valence-electron chi connectivity index (χ3n) is 5.15. The quantitative estimate of drug-likeness (QED) is 0.0351. The predicted octanol–water partition coefficient (Wildman–Crippen LogP) is 9.21. The average Bonchev–Trinajstić information content (AvgIpc) is 3.16. The van der Waals surface area contributed by atoms with Gasteiger partial charge in [-0.15, -0.1) is 0 Å². The zero-order chi connectivity index (χ0) is 40.4. The summed E-state index contributed by atoms with van der Waals surface area (Å²) in [7, 11) is -1.00. The largest absolute Gasteiger partial charge is 2.00 e. The fourth-order valence-electron chi connectivity index (χ4n) is 3.02. The Balaban J connectivity index is -0.000000135. The number of alkyl halides is 1. The van der Waals surface area contributed by atoms with E-state index in [1.54, 1.807) is 38.2 Å². The van der Waals surface area contributed by atoms with Crippen LogP contribution in [-0.4, -0.2) is 59.1 Å². The molecule has 4 rings (SSSR count). The van der Waals surface area contributed by atoms with Crippen LogP contribution in [0.1, 0.15) is 46.4 Å². The molecular formula is C42H49BrCl3FMgO5P+. The van der Waals surface area contributed by atoms with Gasteiger partial charge in [-0.25, -0.2) is 0 Å². The summed E-state index contributed by atoms with van der Waals surface area (Å²) in [6.45, 7) is 5.43.